The Labute approximate surface area is 167 Å². The number of hydrogen-bond donors (Lipinski definition) is 2. The lowest BCUT2D eigenvalue weighted by atomic mass is 9.68. The molecule has 4 rings (SSSR count). The molecule has 7 nitrogen and oxygen atoms in total. The van der Waals surface area contributed by atoms with Gasteiger partial charge in [0.2, 0.25) is 5.95 Å². The Kier molecular flexibility index (Phi) is 4.24. The molecule has 2 heterocycles. The number of ketones is 1. The molecule has 28 heavy (non-hydrogen) atoms. The van der Waals surface area contributed by atoms with Gasteiger partial charge < -0.3 is 5.73 Å². The second kappa shape index (κ2) is 6.50. The van der Waals surface area contributed by atoms with E-state index in [1.54, 1.807) is 17.0 Å². The van der Waals surface area contributed by atoms with Gasteiger partial charge in [0, 0.05) is 22.7 Å². The van der Waals surface area contributed by atoms with Crippen molar-refractivity contribution in [2.45, 2.75) is 32.6 Å². The standard InChI is InChI=1S/C20H19ClN6O/c1-20(2)7-14-17(15(28)8-20)16(11-4-3-5-12(21)6-11)13(9-22)18(23)27(14)19-24-10-25-26-19/h3-6,10,16H,7-8,23H2,1-2H3,(H,24,25,26)/t16-/m0/s1. The Morgan fingerprint density at radius 2 is 2.18 bits per heavy atom. The molecule has 0 radical (unpaired) electrons. The van der Waals surface area contributed by atoms with E-state index in [-0.39, 0.29) is 17.0 Å². The molecule has 0 saturated carbocycles. The lowest BCUT2D eigenvalue weighted by molar-refractivity contribution is -0.118. The first-order valence-corrected chi connectivity index (χ1v) is 9.27. The van der Waals surface area contributed by atoms with Crippen LogP contribution in [0, 0.1) is 16.7 Å². The van der Waals surface area contributed by atoms with Crippen molar-refractivity contribution in [2.24, 2.45) is 11.1 Å². The fraction of sp³-hybridized carbons (Fsp3) is 0.300. The average Bonchev–Trinajstić information content (AvgIpc) is 3.13. The molecule has 2 aromatic rings. The van der Waals surface area contributed by atoms with Gasteiger partial charge >= 0.3 is 0 Å². The Bertz CT molecular complexity index is 1060. The maximum absolute atomic E-state index is 13.3. The maximum atomic E-state index is 13.3. The van der Waals surface area contributed by atoms with Gasteiger partial charge in [0.1, 0.15) is 12.1 Å². The van der Waals surface area contributed by atoms with Crippen LogP contribution in [0.15, 0.2) is 53.3 Å². The summed E-state index contributed by atoms with van der Waals surface area (Å²) >= 11 is 6.19. The summed E-state index contributed by atoms with van der Waals surface area (Å²) in [5.41, 5.74) is 8.60. The lowest BCUT2D eigenvalue weighted by Crippen LogP contribution is -2.42. The van der Waals surface area contributed by atoms with E-state index in [9.17, 15) is 10.1 Å². The number of aromatic nitrogens is 3. The summed E-state index contributed by atoms with van der Waals surface area (Å²) in [5.74, 6) is 0.0729. The van der Waals surface area contributed by atoms with Crippen molar-refractivity contribution in [3.05, 3.63) is 63.8 Å². The van der Waals surface area contributed by atoms with Gasteiger partial charge in [-0.3, -0.25) is 9.69 Å². The van der Waals surface area contributed by atoms with Crippen LogP contribution in [0.5, 0.6) is 0 Å². The average molecular weight is 395 g/mol. The number of nitrogens with zero attached hydrogens (tertiary/aromatic N) is 4. The van der Waals surface area contributed by atoms with Crippen LogP contribution in [0.3, 0.4) is 0 Å². The number of halogens is 1. The van der Waals surface area contributed by atoms with Crippen LogP contribution < -0.4 is 10.6 Å². The Morgan fingerprint density at radius 1 is 1.39 bits per heavy atom. The molecule has 1 aromatic carbocycles. The Morgan fingerprint density at radius 3 is 2.82 bits per heavy atom. The van der Waals surface area contributed by atoms with Gasteiger partial charge in [0.05, 0.1) is 17.6 Å². The van der Waals surface area contributed by atoms with Gasteiger partial charge in [-0.2, -0.15) is 15.3 Å². The second-order valence-corrected chi connectivity index (χ2v) is 8.28. The molecule has 8 heteroatoms. The molecule has 0 amide bonds. The minimum atomic E-state index is -0.554. The highest BCUT2D eigenvalue weighted by Crippen LogP contribution is 2.49. The number of nitrogens with one attached hydrogen (secondary N) is 1. The SMILES string of the molecule is CC1(C)CC(=O)C2=C(C1)N(c1ncn[nH]1)C(N)=C(C#N)[C@@H]2c1cccc(Cl)c1. The van der Waals surface area contributed by atoms with Crippen molar-refractivity contribution < 1.29 is 4.79 Å². The van der Waals surface area contributed by atoms with Crippen LogP contribution in [-0.2, 0) is 4.79 Å². The number of aromatic amines is 1. The summed E-state index contributed by atoms with van der Waals surface area (Å²) in [4.78, 5) is 19.1. The molecule has 0 unspecified atom stereocenters. The first kappa shape index (κ1) is 18.3. The van der Waals surface area contributed by atoms with Crippen LogP contribution in [-0.4, -0.2) is 21.0 Å². The number of nitriles is 1. The maximum Gasteiger partial charge on any atom is 0.231 e. The molecule has 3 N–H and O–H groups in total. The van der Waals surface area contributed by atoms with E-state index in [1.165, 1.54) is 6.33 Å². The number of rotatable bonds is 2. The normalized spacial score (nSPS) is 21.6. The molecule has 142 valence electrons. The third kappa shape index (κ3) is 2.86. The van der Waals surface area contributed by atoms with E-state index in [0.29, 0.717) is 35.0 Å². The molecule has 0 bridgehead atoms. The fourth-order valence-corrected chi connectivity index (χ4v) is 4.28. The van der Waals surface area contributed by atoms with Gasteiger partial charge in [-0.05, 0) is 29.5 Å². The number of benzene rings is 1. The third-order valence-corrected chi connectivity index (χ3v) is 5.41. The van der Waals surface area contributed by atoms with Gasteiger partial charge in [-0.1, -0.05) is 37.6 Å². The van der Waals surface area contributed by atoms with Gasteiger partial charge in [0.25, 0.3) is 0 Å². The van der Waals surface area contributed by atoms with E-state index < -0.39 is 5.92 Å². The highest BCUT2D eigenvalue weighted by Gasteiger charge is 2.45. The monoisotopic (exact) mass is 394 g/mol. The van der Waals surface area contributed by atoms with Crippen LogP contribution in [0.25, 0.3) is 0 Å². The molecule has 2 aliphatic rings. The third-order valence-electron chi connectivity index (χ3n) is 5.18. The first-order valence-electron chi connectivity index (χ1n) is 8.89. The summed E-state index contributed by atoms with van der Waals surface area (Å²) in [6, 6.07) is 9.42. The number of hydrogen-bond acceptors (Lipinski definition) is 6. The predicted molar refractivity (Wildman–Crippen MR) is 105 cm³/mol. The highest BCUT2D eigenvalue weighted by molar-refractivity contribution is 6.30. The number of allylic oxidation sites excluding steroid dienone is 3. The van der Waals surface area contributed by atoms with Crippen molar-refractivity contribution in [3.8, 4) is 6.07 Å². The molecular weight excluding hydrogens is 376 g/mol. The van der Waals surface area contributed by atoms with Crippen molar-refractivity contribution >= 4 is 23.3 Å². The van der Waals surface area contributed by atoms with Gasteiger partial charge in [-0.25, -0.2) is 5.10 Å². The fourth-order valence-electron chi connectivity index (χ4n) is 4.08. The zero-order valence-corrected chi connectivity index (χ0v) is 16.3. The quantitative estimate of drug-likeness (QED) is 0.807. The minimum Gasteiger partial charge on any atom is -0.384 e. The van der Waals surface area contributed by atoms with E-state index in [0.717, 1.165) is 11.3 Å². The van der Waals surface area contributed by atoms with Crippen LogP contribution >= 0.6 is 11.6 Å². The number of nitrogens with two attached hydrogens (primary N) is 1. The number of carbonyl (C=O) groups excluding carboxylic acids is 1. The second-order valence-electron chi connectivity index (χ2n) is 7.84. The number of anilines is 1. The van der Waals surface area contributed by atoms with Crippen molar-refractivity contribution in [3.63, 3.8) is 0 Å². The lowest BCUT2D eigenvalue weighted by Gasteiger charge is -2.42. The number of Topliss-reactive ketones (excluding diaryl/α,β-unsaturated/α-hetero) is 1. The van der Waals surface area contributed by atoms with Crippen molar-refractivity contribution in [1.29, 1.82) is 5.26 Å². The molecule has 0 saturated heterocycles. The van der Waals surface area contributed by atoms with Crippen LogP contribution in [0.1, 0.15) is 38.2 Å². The number of H-pyrrole nitrogens is 1. The van der Waals surface area contributed by atoms with Crippen molar-refractivity contribution in [2.75, 3.05) is 4.90 Å². The zero-order valence-electron chi connectivity index (χ0n) is 15.5. The topological polar surface area (TPSA) is 112 Å². The van der Waals surface area contributed by atoms with Crippen molar-refractivity contribution in [1.82, 2.24) is 15.2 Å². The van der Waals surface area contributed by atoms with Gasteiger partial charge in [0.15, 0.2) is 5.78 Å². The van der Waals surface area contributed by atoms with E-state index in [2.05, 4.69) is 21.3 Å². The Hall–Kier alpha value is -3.11. The number of carbonyl (C=O) groups is 1. The van der Waals surface area contributed by atoms with Crippen LogP contribution in [0.2, 0.25) is 5.02 Å². The van der Waals surface area contributed by atoms with E-state index >= 15 is 0 Å². The molecule has 1 aliphatic carbocycles. The largest absolute Gasteiger partial charge is 0.384 e. The predicted octanol–water partition coefficient (Wildman–Crippen LogP) is 3.40. The zero-order chi connectivity index (χ0) is 20.1. The van der Waals surface area contributed by atoms with Crippen LogP contribution in [0.4, 0.5) is 5.95 Å². The summed E-state index contributed by atoms with van der Waals surface area (Å²) in [7, 11) is 0. The minimum absolute atomic E-state index is 0.000917. The molecule has 0 spiro atoms. The molecule has 1 atom stereocenters. The first-order chi connectivity index (χ1) is 13.3. The summed E-state index contributed by atoms with van der Waals surface area (Å²) in [6.07, 6.45) is 2.38. The van der Waals surface area contributed by atoms with E-state index in [4.69, 9.17) is 17.3 Å². The molecule has 1 aromatic heterocycles. The molecule has 1 aliphatic heterocycles. The molecule has 0 fully saturated rings. The summed E-state index contributed by atoms with van der Waals surface area (Å²) in [5, 5.41) is 17.2. The highest BCUT2D eigenvalue weighted by atomic mass is 35.5. The summed E-state index contributed by atoms with van der Waals surface area (Å²) < 4.78 is 0. The molecular formula is C20H19ClN6O. The Balaban J connectivity index is 2.00. The summed E-state index contributed by atoms with van der Waals surface area (Å²) in [6.45, 7) is 4.09. The smallest absolute Gasteiger partial charge is 0.231 e. The van der Waals surface area contributed by atoms with Gasteiger partial charge in [-0.15, -0.1) is 0 Å². The van der Waals surface area contributed by atoms with E-state index in [1.807, 2.05) is 26.0 Å².